The van der Waals surface area contributed by atoms with E-state index in [9.17, 15) is 13.6 Å². The van der Waals surface area contributed by atoms with Crippen LogP contribution in [-0.2, 0) is 4.74 Å². The molecule has 0 aliphatic carbocycles. The topological polar surface area (TPSA) is 38.3 Å². The maximum absolute atomic E-state index is 13.9. The highest BCUT2D eigenvalue weighted by atomic mass is 19.3. The molecule has 0 radical (unpaired) electrons. The Morgan fingerprint density at radius 2 is 2.32 bits per heavy atom. The number of esters is 1. The maximum atomic E-state index is 13.9. The third-order valence-electron chi connectivity index (χ3n) is 3.28. The molecule has 1 aromatic rings. The number of benzene rings is 1. The lowest BCUT2D eigenvalue weighted by Crippen LogP contribution is -2.44. The summed E-state index contributed by atoms with van der Waals surface area (Å²) in [6.45, 7) is 2.22. The number of hydrogen-bond donors (Lipinski definition) is 1. The van der Waals surface area contributed by atoms with Gasteiger partial charge in [0.15, 0.2) is 0 Å². The van der Waals surface area contributed by atoms with Crippen LogP contribution in [-0.4, -0.2) is 31.6 Å². The molecule has 2 rings (SSSR count). The fourth-order valence-corrected chi connectivity index (χ4v) is 2.34. The first kappa shape index (κ1) is 13.9. The van der Waals surface area contributed by atoms with E-state index in [0.29, 0.717) is 24.1 Å². The first-order chi connectivity index (χ1) is 9.04. The Balaban J connectivity index is 2.25. The zero-order valence-electron chi connectivity index (χ0n) is 10.8. The van der Waals surface area contributed by atoms with Gasteiger partial charge in [-0.25, -0.2) is 13.6 Å². The van der Waals surface area contributed by atoms with Gasteiger partial charge in [0.05, 0.1) is 24.6 Å². The quantitative estimate of drug-likeness (QED) is 0.857. The minimum absolute atomic E-state index is 0.270. The molecule has 0 bridgehead atoms. The van der Waals surface area contributed by atoms with Crippen LogP contribution in [0.1, 0.15) is 35.2 Å². The molecule has 19 heavy (non-hydrogen) atoms. The number of piperidine rings is 1. The predicted octanol–water partition coefficient (Wildman–Crippen LogP) is 2.58. The molecule has 1 aliphatic rings. The van der Waals surface area contributed by atoms with E-state index in [4.69, 9.17) is 4.74 Å². The van der Waals surface area contributed by atoms with Gasteiger partial charge in [-0.05, 0) is 37.6 Å². The van der Waals surface area contributed by atoms with E-state index in [1.807, 2.05) is 0 Å². The fraction of sp³-hybridized carbons (Fsp3) is 0.500. The number of hydrogen-bond acceptors (Lipinski definition) is 3. The summed E-state index contributed by atoms with van der Waals surface area (Å²) in [4.78, 5) is 11.6. The van der Waals surface area contributed by atoms with Crippen molar-refractivity contribution in [3.63, 3.8) is 0 Å². The average molecular weight is 269 g/mol. The van der Waals surface area contributed by atoms with Gasteiger partial charge in [0.25, 0.3) is 5.92 Å². The van der Waals surface area contributed by atoms with Crippen molar-refractivity contribution in [2.75, 3.05) is 19.7 Å². The van der Waals surface area contributed by atoms with Crippen LogP contribution in [0.4, 0.5) is 8.78 Å². The summed E-state index contributed by atoms with van der Waals surface area (Å²) >= 11 is 0. The molecule has 0 saturated carbocycles. The molecule has 104 valence electrons. The van der Waals surface area contributed by atoms with Gasteiger partial charge < -0.3 is 10.1 Å². The van der Waals surface area contributed by atoms with Crippen LogP contribution in [0, 0.1) is 0 Å². The normalized spacial score (nSPS) is 21.9. The summed E-state index contributed by atoms with van der Waals surface area (Å²) in [5.74, 6) is -4.10. The lowest BCUT2D eigenvalue weighted by molar-refractivity contribution is -0.0420. The lowest BCUT2D eigenvalue weighted by Gasteiger charge is -2.32. The lowest BCUT2D eigenvalue weighted by atomic mass is 9.86. The predicted molar refractivity (Wildman–Crippen MR) is 67.6 cm³/mol. The van der Waals surface area contributed by atoms with Crippen molar-refractivity contribution in [1.29, 1.82) is 0 Å². The summed E-state index contributed by atoms with van der Waals surface area (Å²) in [5, 5.41) is 2.69. The molecule has 3 nitrogen and oxygen atoms in total. The van der Waals surface area contributed by atoms with Crippen molar-refractivity contribution >= 4 is 5.97 Å². The Kier molecular flexibility index (Phi) is 4.14. The Morgan fingerprint density at radius 3 is 3.00 bits per heavy atom. The summed E-state index contributed by atoms with van der Waals surface area (Å²) < 4.78 is 32.6. The molecule has 1 heterocycles. The fourth-order valence-electron chi connectivity index (χ4n) is 2.34. The second-order valence-corrected chi connectivity index (χ2v) is 4.63. The highest BCUT2D eigenvalue weighted by Gasteiger charge is 2.42. The Hall–Kier alpha value is -1.49. The minimum Gasteiger partial charge on any atom is -0.462 e. The number of ether oxygens (including phenoxy) is 1. The molecule has 0 spiro atoms. The zero-order chi connectivity index (χ0) is 13.9. The number of carbonyl (C=O) groups excluding carboxylic acids is 1. The summed E-state index contributed by atoms with van der Waals surface area (Å²) in [6, 6.07) is 6.37. The number of carbonyl (C=O) groups is 1. The number of halogens is 2. The molecular formula is C14H17F2NO2. The maximum Gasteiger partial charge on any atom is 0.338 e. The van der Waals surface area contributed by atoms with E-state index < -0.39 is 17.8 Å². The van der Waals surface area contributed by atoms with Crippen molar-refractivity contribution in [2.45, 2.75) is 25.2 Å². The molecule has 1 N–H and O–H groups in total. The van der Waals surface area contributed by atoms with Crippen LogP contribution in [0.5, 0.6) is 0 Å². The van der Waals surface area contributed by atoms with Crippen LogP contribution in [0.2, 0.25) is 0 Å². The third-order valence-corrected chi connectivity index (χ3v) is 3.28. The molecule has 0 aromatic heterocycles. The van der Waals surface area contributed by atoms with Gasteiger partial charge >= 0.3 is 5.97 Å². The molecule has 0 amide bonds. The highest BCUT2D eigenvalue weighted by Crippen LogP contribution is 2.37. The Labute approximate surface area is 111 Å². The van der Waals surface area contributed by atoms with E-state index in [-0.39, 0.29) is 13.2 Å². The molecular weight excluding hydrogens is 252 g/mol. The monoisotopic (exact) mass is 269 g/mol. The number of nitrogens with one attached hydrogen (secondary N) is 1. The Morgan fingerprint density at radius 1 is 1.53 bits per heavy atom. The molecule has 5 heteroatoms. The van der Waals surface area contributed by atoms with E-state index in [1.54, 1.807) is 25.1 Å². The van der Waals surface area contributed by atoms with Crippen LogP contribution in [0.15, 0.2) is 24.3 Å². The second-order valence-electron chi connectivity index (χ2n) is 4.63. The zero-order valence-corrected chi connectivity index (χ0v) is 10.8. The van der Waals surface area contributed by atoms with Crippen molar-refractivity contribution < 1.29 is 18.3 Å². The van der Waals surface area contributed by atoms with Crippen molar-refractivity contribution in [1.82, 2.24) is 5.32 Å². The minimum atomic E-state index is -2.79. The summed E-state index contributed by atoms with van der Waals surface area (Å²) in [6.07, 6.45) is 0.360. The highest BCUT2D eigenvalue weighted by molar-refractivity contribution is 5.89. The molecule has 1 atom stereocenters. The van der Waals surface area contributed by atoms with Crippen LogP contribution in [0.3, 0.4) is 0 Å². The van der Waals surface area contributed by atoms with E-state index in [0.717, 1.165) is 0 Å². The van der Waals surface area contributed by atoms with E-state index >= 15 is 0 Å². The first-order valence-corrected chi connectivity index (χ1v) is 6.40. The molecule has 1 aromatic carbocycles. The smallest absolute Gasteiger partial charge is 0.338 e. The van der Waals surface area contributed by atoms with Gasteiger partial charge in [-0.2, -0.15) is 0 Å². The summed E-state index contributed by atoms with van der Waals surface area (Å²) in [5.41, 5.74) is 0.825. The number of alkyl halides is 2. The van der Waals surface area contributed by atoms with Crippen molar-refractivity contribution in [3.8, 4) is 0 Å². The SMILES string of the molecule is CCOC(=O)c1cccc(C2CCNCC2(F)F)c1. The van der Waals surface area contributed by atoms with Crippen molar-refractivity contribution in [2.24, 2.45) is 0 Å². The Bertz CT molecular complexity index is 463. The van der Waals surface area contributed by atoms with Gasteiger partial charge in [0, 0.05) is 0 Å². The van der Waals surface area contributed by atoms with Crippen molar-refractivity contribution in [3.05, 3.63) is 35.4 Å². The van der Waals surface area contributed by atoms with Gasteiger partial charge in [0.2, 0.25) is 0 Å². The standard InChI is InChI=1S/C14H17F2NO2/c1-2-19-13(18)11-5-3-4-10(8-11)12-6-7-17-9-14(12,15)16/h3-5,8,12,17H,2,6-7,9H2,1H3. The van der Waals surface area contributed by atoms with Crippen LogP contribution >= 0.6 is 0 Å². The molecule has 1 unspecified atom stereocenters. The number of rotatable bonds is 3. The third kappa shape index (κ3) is 3.10. The van der Waals surface area contributed by atoms with Gasteiger partial charge in [-0.1, -0.05) is 12.1 Å². The molecule has 1 saturated heterocycles. The average Bonchev–Trinajstić information content (AvgIpc) is 2.38. The molecule has 1 aliphatic heterocycles. The second kappa shape index (κ2) is 5.65. The van der Waals surface area contributed by atoms with Gasteiger partial charge in [0.1, 0.15) is 0 Å². The first-order valence-electron chi connectivity index (χ1n) is 6.40. The molecule has 1 fully saturated rings. The largest absolute Gasteiger partial charge is 0.462 e. The van der Waals surface area contributed by atoms with Gasteiger partial charge in [-0.3, -0.25) is 0 Å². The van der Waals surface area contributed by atoms with Crippen LogP contribution in [0.25, 0.3) is 0 Å². The van der Waals surface area contributed by atoms with Gasteiger partial charge in [-0.15, -0.1) is 0 Å². The van der Waals surface area contributed by atoms with E-state index in [1.165, 1.54) is 6.07 Å². The van der Waals surface area contributed by atoms with E-state index in [2.05, 4.69) is 5.32 Å². The summed E-state index contributed by atoms with van der Waals surface area (Å²) in [7, 11) is 0. The van der Waals surface area contributed by atoms with Crippen LogP contribution < -0.4 is 5.32 Å².